The fourth-order valence-corrected chi connectivity index (χ4v) is 2.37. The quantitative estimate of drug-likeness (QED) is 0.915. The maximum Gasteiger partial charge on any atom is 0.573 e. The van der Waals surface area contributed by atoms with E-state index in [1.165, 1.54) is 12.1 Å². The van der Waals surface area contributed by atoms with Gasteiger partial charge < -0.3 is 10.1 Å². The summed E-state index contributed by atoms with van der Waals surface area (Å²) in [6, 6.07) is 5.83. The molecule has 2 aromatic rings. The molecule has 0 atom stereocenters. The highest BCUT2D eigenvalue weighted by atomic mass is 32.1. The summed E-state index contributed by atoms with van der Waals surface area (Å²) >= 11 is 1.57. The van der Waals surface area contributed by atoms with Crippen LogP contribution in [0.15, 0.2) is 29.8 Å². The normalized spacial score (nSPS) is 11.6. The monoisotopic (exact) mass is 302 g/mol. The number of hydrogen-bond acceptors (Lipinski definition) is 4. The largest absolute Gasteiger partial charge is 0.573 e. The molecular formula is C13H13F3N2OS. The maximum absolute atomic E-state index is 12.0. The van der Waals surface area contributed by atoms with E-state index in [-0.39, 0.29) is 5.75 Å². The van der Waals surface area contributed by atoms with Gasteiger partial charge in [-0.15, -0.1) is 24.5 Å². The van der Waals surface area contributed by atoms with Crippen molar-refractivity contribution in [3.8, 4) is 5.75 Å². The Hall–Kier alpha value is -1.60. The first kappa shape index (κ1) is 14.8. The van der Waals surface area contributed by atoms with Gasteiger partial charge in [0.25, 0.3) is 0 Å². The minimum atomic E-state index is -4.65. The first-order valence-electron chi connectivity index (χ1n) is 5.88. The number of ether oxygens (including phenoxy) is 1. The molecule has 2 rings (SSSR count). The second-order valence-corrected chi connectivity index (χ2v) is 5.10. The number of hydrogen-bond donors (Lipinski definition) is 1. The summed E-state index contributed by atoms with van der Waals surface area (Å²) < 4.78 is 39.8. The molecule has 1 aromatic heterocycles. The van der Waals surface area contributed by atoms with Gasteiger partial charge in [0.2, 0.25) is 0 Å². The maximum atomic E-state index is 12.0. The van der Waals surface area contributed by atoms with Crippen LogP contribution in [0.25, 0.3) is 0 Å². The van der Waals surface area contributed by atoms with Crippen LogP contribution in [-0.2, 0) is 13.1 Å². The number of halogens is 3. The number of alkyl halides is 3. The molecule has 0 saturated carbocycles. The van der Waals surface area contributed by atoms with Crippen molar-refractivity contribution in [2.75, 3.05) is 0 Å². The first-order chi connectivity index (χ1) is 9.44. The van der Waals surface area contributed by atoms with E-state index >= 15 is 0 Å². The zero-order chi connectivity index (χ0) is 14.6. The highest BCUT2D eigenvalue weighted by Crippen LogP contribution is 2.22. The number of aromatic nitrogens is 1. The van der Waals surface area contributed by atoms with E-state index in [0.717, 1.165) is 16.1 Å². The number of nitrogens with one attached hydrogen (secondary N) is 1. The molecule has 0 fully saturated rings. The van der Waals surface area contributed by atoms with E-state index < -0.39 is 6.36 Å². The summed E-state index contributed by atoms with van der Waals surface area (Å²) in [4.78, 5) is 5.30. The van der Waals surface area contributed by atoms with Gasteiger partial charge in [-0.1, -0.05) is 12.1 Å². The predicted molar refractivity (Wildman–Crippen MR) is 70.5 cm³/mol. The third-order valence-electron chi connectivity index (χ3n) is 2.62. The van der Waals surface area contributed by atoms with Crippen molar-refractivity contribution in [2.45, 2.75) is 26.4 Å². The highest BCUT2D eigenvalue weighted by Gasteiger charge is 2.30. The molecule has 0 spiro atoms. The van der Waals surface area contributed by atoms with Gasteiger partial charge in [-0.05, 0) is 24.6 Å². The van der Waals surface area contributed by atoms with Crippen molar-refractivity contribution in [3.63, 3.8) is 0 Å². The molecule has 3 nitrogen and oxygen atoms in total. The summed E-state index contributed by atoms with van der Waals surface area (Å²) in [7, 11) is 0. The Morgan fingerprint density at radius 1 is 1.20 bits per heavy atom. The number of aryl methyl sites for hydroxylation is 1. The van der Waals surface area contributed by atoms with Gasteiger partial charge in [0.1, 0.15) is 5.75 Å². The molecule has 0 saturated heterocycles. The Labute approximate surface area is 118 Å². The van der Waals surface area contributed by atoms with E-state index in [1.54, 1.807) is 29.0 Å². The van der Waals surface area contributed by atoms with Gasteiger partial charge in [0.05, 0.1) is 11.2 Å². The topological polar surface area (TPSA) is 34.2 Å². The fourth-order valence-electron chi connectivity index (χ4n) is 1.63. The van der Waals surface area contributed by atoms with Crippen molar-refractivity contribution in [2.24, 2.45) is 0 Å². The van der Waals surface area contributed by atoms with Crippen molar-refractivity contribution < 1.29 is 17.9 Å². The van der Waals surface area contributed by atoms with Crippen molar-refractivity contribution >= 4 is 11.3 Å². The van der Waals surface area contributed by atoms with Crippen LogP contribution in [0.5, 0.6) is 5.75 Å². The van der Waals surface area contributed by atoms with E-state index in [1.807, 2.05) is 6.92 Å². The molecule has 108 valence electrons. The van der Waals surface area contributed by atoms with Crippen molar-refractivity contribution in [1.82, 2.24) is 10.3 Å². The SMILES string of the molecule is Cc1ncsc1CNCc1ccc(OC(F)(F)F)cc1. The lowest BCUT2D eigenvalue weighted by Crippen LogP contribution is -2.17. The minimum Gasteiger partial charge on any atom is -0.406 e. The van der Waals surface area contributed by atoms with Gasteiger partial charge in [0.15, 0.2) is 0 Å². The third-order valence-corrected chi connectivity index (χ3v) is 3.55. The molecule has 1 aromatic carbocycles. The molecule has 0 aliphatic rings. The third kappa shape index (κ3) is 4.50. The van der Waals surface area contributed by atoms with Gasteiger partial charge in [-0.25, -0.2) is 4.98 Å². The Kier molecular flexibility index (Phi) is 4.61. The van der Waals surface area contributed by atoms with Crippen LogP contribution in [0.3, 0.4) is 0 Å². The second kappa shape index (κ2) is 6.23. The lowest BCUT2D eigenvalue weighted by atomic mass is 10.2. The fraction of sp³-hybridized carbons (Fsp3) is 0.308. The molecule has 0 amide bonds. The lowest BCUT2D eigenvalue weighted by Gasteiger charge is -2.09. The van der Waals surface area contributed by atoms with Crippen LogP contribution < -0.4 is 10.1 Å². The van der Waals surface area contributed by atoms with Crippen LogP contribution in [0.2, 0.25) is 0 Å². The van der Waals surface area contributed by atoms with Gasteiger partial charge in [-0.3, -0.25) is 0 Å². The average molecular weight is 302 g/mol. The zero-order valence-electron chi connectivity index (χ0n) is 10.7. The predicted octanol–water partition coefficient (Wildman–Crippen LogP) is 3.64. The molecule has 7 heteroatoms. The second-order valence-electron chi connectivity index (χ2n) is 4.16. The van der Waals surface area contributed by atoms with E-state index in [2.05, 4.69) is 15.0 Å². The highest BCUT2D eigenvalue weighted by molar-refractivity contribution is 7.09. The summed E-state index contributed by atoms with van der Waals surface area (Å²) in [6.45, 7) is 3.21. The molecule has 0 aliphatic carbocycles. The van der Waals surface area contributed by atoms with Gasteiger partial charge >= 0.3 is 6.36 Å². The molecule has 20 heavy (non-hydrogen) atoms. The Morgan fingerprint density at radius 2 is 1.90 bits per heavy atom. The van der Waals surface area contributed by atoms with Gasteiger partial charge in [-0.2, -0.15) is 0 Å². The van der Waals surface area contributed by atoms with Crippen LogP contribution in [-0.4, -0.2) is 11.3 Å². The van der Waals surface area contributed by atoms with Gasteiger partial charge in [0, 0.05) is 18.0 Å². The summed E-state index contributed by atoms with van der Waals surface area (Å²) in [5.41, 5.74) is 3.67. The number of benzene rings is 1. The van der Waals surface area contributed by atoms with E-state index in [0.29, 0.717) is 13.1 Å². The first-order valence-corrected chi connectivity index (χ1v) is 6.76. The van der Waals surface area contributed by atoms with Crippen LogP contribution in [0.1, 0.15) is 16.1 Å². The van der Waals surface area contributed by atoms with E-state index in [9.17, 15) is 13.2 Å². The van der Waals surface area contributed by atoms with Crippen molar-refractivity contribution in [1.29, 1.82) is 0 Å². The summed E-state index contributed by atoms with van der Waals surface area (Å²) in [5.74, 6) is -0.209. The smallest absolute Gasteiger partial charge is 0.406 e. The van der Waals surface area contributed by atoms with E-state index in [4.69, 9.17) is 0 Å². The molecule has 1 N–H and O–H groups in total. The molecule has 1 heterocycles. The Bertz CT molecular complexity index is 551. The molecule has 0 unspecified atom stereocenters. The van der Waals surface area contributed by atoms with Crippen molar-refractivity contribution in [3.05, 3.63) is 45.9 Å². The van der Waals surface area contributed by atoms with Crippen LogP contribution >= 0.6 is 11.3 Å². The number of thiazole rings is 1. The lowest BCUT2D eigenvalue weighted by molar-refractivity contribution is -0.274. The zero-order valence-corrected chi connectivity index (χ0v) is 11.5. The van der Waals surface area contributed by atoms with Crippen LogP contribution in [0.4, 0.5) is 13.2 Å². The van der Waals surface area contributed by atoms with Crippen LogP contribution in [0, 0.1) is 6.92 Å². The standard InChI is InChI=1S/C13H13F3N2OS/c1-9-12(20-8-18-9)7-17-6-10-2-4-11(5-3-10)19-13(14,15)16/h2-5,8,17H,6-7H2,1H3. The molecule has 0 bridgehead atoms. The Morgan fingerprint density at radius 3 is 2.45 bits per heavy atom. The minimum absolute atomic E-state index is 0.209. The summed E-state index contributed by atoms with van der Waals surface area (Å²) in [6.07, 6.45) is -4.65. The number of rotatable bonds is 5. The number of nitrogens with zero attached hydrogens (tertiary/aromatic N) is 1. The molecule has 0 radical (unpaired) electrons. The summed E-state index contributed by atoms with van der Waals surface area (Å²) in [5, 5.41) is 3.22. The average Bonchev–Trinajstić information content (AvgIpc) is 2.76. The molecular weight excluding hydrogens is 289 g/mol. The molecule has 0 aliphatic heterocycles. The Balaban J connectivity index is 1.83.